The fourth-order valence-electron chi connectivity index (χ4n) is 5.62. The topological polar surface area (TPSA) is 79.9 Å². The van der Waals surface area contributed by atoms with Crippen molar-refractivity contribution in [3.05, 3.63) is 35.8 Å². The van der Waals surface area contributed by atoms with Crippen LogP contribution in [0.15, 0.2) is 34.7 Å². The third kappa shape index (κ3) is 3.01. The Hall–Kier alpha value is -1.59. The van der Waals surface area contributed by atoms with Crippen LogP contribution < -0.4 is 0 Å². The van der Waals surface area contributed by atoms with Crippen LogP contribution in [0.2, 0.25) is 0 Å². The second-order valence-corrected chi connectivity index (χ2v) is 8.36. The molecule has 1 saturated carbocycles. The number of allylic oxidation sites excluding steroid dienone is 1. The lowest BCUT2D eigenvalue weighted by atomic mass is 9.46. The average Bonchev–Trinajstić information content (AvgIpc) is 3.15. The first-order valence-corrected chi connectivity index (χ1v) is 9.46. The normalized spacial score (nSPS) is 35.3. The first-order valence-electron chi connectivity index (χ1n) is 9.46. The SMILES string of the molecule is COC(=O)C1=CCC[C@@H]2[C@@](C)(C[C@H](O)c3ccoc3)[C@H](CO)CC[C@@]12C. The summed E-state index contributed by atoms with van der Waals surface area (Å²) in [5.41, 5.74) is 0.944. The van der Waals surface area contributed by atoms with Gasteiger partial charge < -0.3 is 19.4 Å². The molecule has 0 aromatic carbocycles. The maximum atomic E-state index is 12.4. The van der Waals surface area contributed by atoms with E-state index in [1.54, 1.807) is 18.6 Å². The van der Waals surface area contributed by atoms with Gasteiger partial charge in [0.05, 0.1) is 25.7 Å². The van der Waals surface area contributed by atoms with Gasteiger partial charge in [-0.1, -0.05) is 19.9 Å². The summed E-state index contributed by atoms with van der Waals surface area (Å²) in [5.74, 6) is 0.0399. The van der Waals surface area contributed by atoms with Crippen LogP contribution in [0.1, 0.15) is 57.6 Å². The molecule has 0 aliphatic heterocycles. The Labute approximate surface area is 155 Å². The maximum Gasteiger partial charge on any atom is 0.333 e. The van der Waals surface area contributed by atoms with E-state index in [0.29, 0.717) is 6.42 Å². The number of hydrogen-bond acceptors (Lipinski definition) is 5. The highest BCUT2D eigenvalue weighted by Gasteiger charge is 2.56. The Morgan fingerprint density at radius 2 is 2.19 bits per heavy atom. The summed E-state index contributed by atoms with van der Waals surface area (Å²) in [6.45, 7) is 4.41. The number of aliphatic hydroxyl groups is 2. The lowest BCUT2D eigenvalue weighted by molar-refractivity contribution is -0.142. The minimum Gasteiger partial charge on any atom is -0.472 e. The van der Waals surface area contributed by atoms with Gasteiger partial charge in [0.2, 0.25) is 0 Å². The molecule has 0 amide bonds. The van der Waals surface area contributed by atoms with E-state index in [-0.39, 0.29) is 35.2 Å². The van der Waals surface area contributed by atoms with E-state index in [1.165, 1.54) is 7.11 Å². The largest absolute Gasteiger partial charge is 0.472 e. The molecule has 0 bridgehead atoms. The second-order valence-electron chi connectivity index (χ2n) is 8.36. The van der Waals surface area contributed by atoms with E-state index >= 15 is 0 Å². The van der Waals surface area contributed by atoms with E-state index in [1.807, 2.05) is 6.08 Å². The predicted molar refractivity (Wildman–Crippen MR) is 97.1 cm³/mol. The van der Waals surface area contributed by atoms with Crippen molar-refractivity contribution < 1.29 is 24.2 Å². The third-order valence-electron chi connectivity index (χ3n) is 7.12. The van der Waals surface area contributed by atoms with Crippen molar-refractivity contribution in [3.63, 3.8) is 0 Å². The molecule has 144 valence electrons. The van der Waals surface area contributed by atoms with Gasteiger partial charge in [0.15, 0.2) is 0 Å². The van der Waals surface area contributed by atoms with Crippen LogP contribution in [-0.4, -0.2) is 29.9 Å². The number of carbonyl (C=O) groups excluding carboxylic acids is 1. The van der Waals surface area contributed by atoms with Gasteiger partial charge in [-0.25, -0.2) is 4.79 Å². The molecule has 0 radical (unpaired) electrons. The van der Waals surface area contributed by atoms with Gasteiger partial charge in [-0.3, -0.25) is 0 Å². The summed E-state index contributed by atoms with van der Waals surface area (Å²) in [4.78, 5) is 12.4. The monoisotopic (exact) mass is 362 g/mol. The highest BCUT2D eigenvalue weighted by atomic mass is 16.5. The van der Waals surface area contributed by atoms with Crippen molar-refractivity contribution in [1.82, 2.24) is 0 Å². The lowest BCUT2D eigenvalue weighted by Gasteiger charge is -2.58. The predicted octanol–water partition coefficient (Wildman–Crippen LogP) is 3.63. The number of hydrogen-bond donors (Lipinski definition) is 2. The number of ether oxygens (including phenoxy) is 1. The van der Waals surface area contributed by atoms with E-state index in [9.17, 15) is 15.0 Å². The van der Waals surface area contributed by atoms with Crippen LogP contribution in [0.5, 0.6) is 0 Å². The van der Waals surface area contributed by atoms with E-state index in [2.05, 4.69) is 13.8 Å². The fraction of sp³-hybridized carbons (Fsp3) is 0.667. The molecule has 1 aromatic rings. The Kier molecular flexibility index (Phi) is 5.31. The first-order chi connectivity index (χ1) is 12.4. The van der Waals surface area contributed by atoms with Crippen LogP contribution in [0.4, 0.5) is 0 Å². The summed E-state index contributed by atoms with van der Waals surface area (Å²) in [7, 11) is 1.43. The Balaban J connectivity index is 1.96. The molecule has 1 heterocycles. The minimum absolute atomic E-state index is 0.0957. The Bertz CT molecular complexity index is 664. The van der Waals surface area contributed by atoms with Gasteiger partial charge in [-0.15, -0.1) is 0 Å². The van der Waals surface area contributed by atoms with E-state index < -0.39 is 6.10 Å². The first kappa shape index (κ1) is 19.2. The lowest BCUT2D eigenvalue weighted by Crippen LogP contribution is -2.53. The molecule has 1 aromatic heterocycles. The number of rotatable bonds is 5. The van der Waals surface area contributed by atoms with Crippen molar-refractivity contribution in [2.45, 2.75) is 52.1 Å². The zero-order valence-corrected chi connectivity index (χ0v) is 15.9. The summed E-state index contributed by atoms with van der Waals surface area (Å²) < 4.78 is 10.2. The molecule has 3 rings (SSSR count). The second kappa shape index (κ2) is 7.20. The standard InChI is InChI=1S/C21H30O5/c1-20-9-7-15(12-22)21(2,11-17(23)14-8-10-26-13-14)18(20)6-4-5-16(20)19(24)25-3/h5,8,10,13,15,17-18,22-23H,4,6-7,9,11-12H2,1-3H3/t15-,17-,18-,20-,21-/m0/s1. The molecule has 5 heteroatoms. The fourth-order valence-corrected chi connectivity index (χ4v) is 5.62. The molecule has 1 fully saturated rings. The quantitative estimate of drug-likeness (QED) is 0.782. The summed E-state index contributed by atoms with van der Waals surface area (Å²) in [5, 5.41) is 20.8. The van der Waals surface area contributed by atoms with Gasteiger partial charge >= 0.3 is 5.97 Å². The average molecular weight is 362 g/mol. The summed E-state index contributed by atoms with van der Waals surface area (Å²) in [6.07, 6.45) is 8.48. The molecule has 5 nitrogen and oxygen atoms in total. The molecule has 0 unspecified atom stereocenters. The molecule has 26 heavy (non-hydrogen) atoms. The molecular weight excluding hydrogens is 332 g/mol. The van der Waals surface area contributed by atoms with Gasteiger partial charge in [0.25, 0.3) is 0 Å². The zero-order chi connectivity index (χ0) is 18.9. The number of aliphatic hydroxyl groups excluding tert-OH is 2. The van der Waals surface area contributed by atoms with Gasteiger partial charge in [0.1, 0.15) is 0 Å². The van der Waals surface area contributed by atoms with Crippen LogP contribution in [0.3, 0.4) is 0 Å². The van der Waals surface area contributed by atoms with Crippen molar-refractivity contribution in [1.29, 1.82) is 0 Å². The molecule has 2 N–H and O–H groups in total. The number of carbonyl (C=O) groups is 1. The Morgan fingerprint density at radius 1 is 1.42 bits per heavy atom. The van der Waals surface area contributed by atoms with Crippen LogP contribution in [-0.2, 0) is 9.53 Å². The Morgan fingerprint density at radius 3 is 2.81 bits per heavy atom. The van der Waals surface area contributed by atoms with Gasteiger partial charge in [-0.05, 0) is 55.4 Å². The summed E-state index contributed by atoms with van der Waals surface area (Å²) in [6, 6.07) is 1.78. The van der Waals surface area contributed by atoms with Crippen LogP contribution in [0, 0.1) is 22.7 Å². The van der Waals surface area contributed by atoms with E-state index in [4.69, 9.17) is 9.15 Å². The third-order valence-corrected chi connectivity index (χ3v) is 7.12. The summed E-state index contributed by atoms with van der Waals surface area (Å²) >= 11 is 0. The van der Waals surface area contributed by atoms with Crippen molar-refractivity contribution >= 4 is 5.97 Å². The van der Waals surface area contributed by atoms with Gasteiger partial charge in [0, 0.05) is 23.2 Å². The van der Waals surface area contributed by atoms with Crippen molar-refractivity contribution in [2.75, 3.05) is 13.7 Å². The maximum absolute atomic E-state index is 12.4. The number of furan rings is 1. The number of fused-ring (bicyclic) bond motifs is 1. The highest BCUT2D eigenvalue weighted by molar-refractivity contribution is 5.90. The minimum atomic E-state index is -0.650. The highest BCUT2D eigenvalue weighted by Crippen LogP contribution is 2.62. The van der Waals surface area contributed by atoms with Gasteiger partial charge in [-0.2, -0.15) is 0 Å². The van der Waals surface area contributed by atoms with E-state index in [0.717, 1.165) is 36.8 Å². The number of esters is 1. The molecule has 0 saturated heterocycles. The molecule has 5 atom stereocenters. The number of methoxy groups -OCH3 is 1. The molecule has 2 aliphatic carbocycles. The molecular formula is C21H30O5. The molecule has 2 aliphatic rings. The van der Waals surface area contributed by atoms with Crippen molar-refractivity contribution in [3.8, 4) is 0 Å². The zero-order valence-electron chi connectivity index (χ0n) is 15.9. The van der Waals surface area contributed by atoms with Crippen LogP contribution >= 0.6 is 0 Å². The van der Waals surface area contributed by atoms with Crippen LogP contribution in [0.25, 0.3) is 0 Å². The smallest absolute Gasteiger partial charge is 0.333 e. The molecule has 0 spiro atoms. The van der Waals surface area contributed by atoms with Crippen molar-refractivity contribution in [2.24, 2.45) is 22.7 Å².